The molecule has 1 heterocycles. The molecule has 64 valence electrons. The molecule has 12 heavy (non-hydrogen) atoms. The van der Waals surface area contributed by atoms with Crippen molar-refractivity contribution in [2.24, 2.45) is 23.7 Å². The molecule has 1 unspecified atom stereocenters. The minimum atomic E-state index is -0.253. The fourth-order valence-corrected chi connectivity index (χ4v) is 3.20. The van der Waals surface area contributed by atoms with E-state index in [9.17, 15) is 9.59 Å². The van der Waals surface area contributed by atoms with Gasteiger partial charge < -0.3 is 4.74 Å². The Labute approximate surface area is 70.1 Å². The minimum Gasteiger partial charge on any atom is -0.393 e. The van der Waals surface area contributed by atoms with Gasteiger partial charge in [0.2, 0.25) is 0 Å². The lowest BCUT2D eigenvalue weighted by molar-refractivity contribution is -0.154. The fourth-order valence-electron chi connectivity index (χ4n) is 3.20. The van der Waals surface area contributed by atoms with Crippen LogP contribution in [0.5, 0.6) is 0 Å². The molecule has 2 bridgehead atoms. The number of cyclic esters (lactones) is 2. The van der Waals surface area contributed by atoms with Crippen LogP contribution in [0.25, 0.3) is 0 Å². The number of carbonyl (C=O) groups excluding carboxylic acids is 2. The summed E-state index contributed by atoms with van der Waals surface area (Å²) in [5, 5.41) is 0. The van der Waals surface area contributed by atoms with E-state index in [-0.39, 0.29) is 23.8 Å². The minimum absolute atomic E-state index is 0.0590. The highest BCUT2D eigenvalue weighted by molar-refractivity contribution is 5.97. The van der Waals surface area contributed by atoms with E-state index in [1.54, 1.807) is 0 Å². The van der Waals surface area contributed by atoms with Crippen LogP contribution in [0.4, 0.5) is 0 Å². The highest BCUT2D eigenvalue weighted by Gasteiger charge is 2.59. The molecule has 0 N–H and O–H groups in total. The van der Waals surface area contributed by atoms with Crippen LogP contribution < -0.4 is 0 Å². The molecule has 0 aromatic rings. The molecule has 0 radical (unpaired) electrons. The van der Waals surface area contributed by atoms with Gasteiger partial charge in [0.1, 0.15) is 0 Å². The largest absolute Gasteiger partial charge is 0.393 e. The van der Waals surface area contributed by atoms with Gasteiger partial charge in [-0.15, -0.1) is 0 Å². The van der Waals surface area contributed by atoms with Crippen molar-refractivity contribution in [1.82, 2.24) is 0 Å². The van der Waals surface area contributed by atoms with Gasteiger partial charge in [-0.25, -0.2) is 0 Å². The van der Waals surface area contributed by atoms with Gasteiger partial charge in [0.05, 0.1) is 11.8 Å². The van der Waals surface area contributed by atoms with E-state index >= 15 is 0 Å². The summed E-state index contributed by atoms with van der Waals surface area (Å²) in [6, 6.07) is 0. The Morgan fingerprint density at radius 2 is 1.50 bits per heavy atom. The van der Waals surface area contributed by atoms with Gasteiger partial charge in [0, 0.05) is 0 Å². The number of fused-ring (bicyclic) bond motifs is 5. The van der Waals surface area contributed by atoms with Gasteiger partial charge in [-0.1, -0.05) is 0 Å². The zero-order valence-corrected chi connectivity index (χ0v) is 6.66. The molecule has 1 aliphatic heterocycles. The summed E-state index contributed by atoms with van der Waals surface area (Å²) in [6.45, 7) is 0. The summed E-state index contributed by atoms with van der Waals surface area (Å²) >= 11 is 0. The highest BCUT2D eigenvalue weighted by atomic mass is 16.6. The number of hydrogen-bond acceptors (Lipinski definition) is 3. The van der Waals surface area contributed by atoms with Crippen LogP contribution in [0, 0.1) is 23.7 Å². The van der Waals surface area contributed by atoms with Crippen molar-refractivity contribution in [2.75, 3.05) is 0 Å². The summed E-state index contributed by atoms with van der Waals surface area (Å²) in [7, 11) is 0. The van der Waals surface area contributed by atoms with E-state index in [0.717, 1.165) is 19.3 Å². The molecule has 0 aromatic heterocycles. The predicted molar refractivity (Wildman–Crippen MR) is 38.9 cm³/mol. The van der Waals surface area contributed by atoms with E-state index in [0.29, 0.717) is 11.8 Å². The number of hydrogen-bond donors (Lipinski definition) is 0. The molecule has 3 rings (SSSR count). The van der Waals surface area contributed by atoms with Crippen molar-refractivity contribution < 1.29 is 14.3 Å². The lowest BCUT2D eigenvalue weighted by Gasteiger charge is -2.17. The van der Waals surface area contributed by atoms with Crippen molar-refractivity contribution in [1.29, 1.82) is 0 Å². The molecule has 3 heteroatoms. The van der Waals surface area contributed by atoms with Crippen molar-refractivity contribution in [3.63, 3.8) is 0 Å². The number of carbonyl (C=O) groups is 2. The highest BCUT2D eigenvalue weighted by Crippen LogP contribution is 2.55. The molecule has 0 spiro atoms. The third kappa shape index (κ3) is 0.586. The Kier molecular flexibility index (Phi) is 1.05. The maximum atomic E-state index is 11.2. The number of rotatable bonds is 0. The van der Waals surface area contributed by atoms with Crippen molar-refractivity contribution >= 4 is 11.9 Å². The van der Waals surface area contributed by atoms with Gasteiger partial charge in [-0.05, 0) is 31.1 Å². The smallest absolute Gasteiger partial charge is 0.317 e. The van der Waals surface area contributed by atoms with Crippen molar-refractivity contribution in [3.05, 3.63) is 0 Å². The fraction of sp³-hybridized carbons (Fsp3) is 0.778. The summed E-state index contributed by atoms with van der Waals surface area (Å²) in [4.78, 5) is 22.4. The molecular weight excluding hydrogens is 156 g/mol. The van der Waals surface area contributed by atoms with Crippen molar-refractivity contribution in [2.45, 2.75) is 19.3 Å². The van der Waals surface area contributed by atoms with Crippen LogP contribution in [0.2, 0.25) is 0 Å². The second kappa shape index (κ2) is 1.90. The molecule has 3 nitrogen and oxygen atoms in total. The zero-order valence-electron chi connectivity index (χ0n) is 6.66. The van der Waals surface area contributed by atoms with Gasteiger partial charge in [-0.3, -0.25) is 9.59 Å². The Morgan fingerprint density at radius 1 is 1.00 bits per heavy atom. The first kappa shape index (κ1) is 6.63. The van der Waals surface area contributed by atoms with Crippen LogP contribution in [0.1, 0.15) is 19.3 Å². The number of ether oxygens (including phenoxy) is 1. The van der Waals surface area contributed by atoms with E-state index in [1.807, 2.05) is 0 Å². The first-order valence-electron chi connectivity index (χ1n) is 4.53. The lowest BCUT2D eigenvalue weighted by atomic mass is 9.81. The lowest BCUT2D eigenvalue weighted by Crippen LogP contribution is -2.24. The third-order valence-electron chi connectivity index (χ3n) is 3.66. The summed E-state index contributed by atoms with van der Waals surface area (Å²) in [5.74, 6) is 0.291. The van der Waals surface area contributed by atoms with Crippen LogP contribution in [-0.2, 0) is 14.3 Å². The van der Waals surface area contributed by atoms with Crippen LogP contribution in [0.3, 0.4) is 0 Å². The molecule has 3 fully saturated rings. The average Bonchev–Trinajstić information content (AvgIpc) is 2.64. The maximum absolute atomic E-state index is 11.2. The monoisotopic (exact) mass is 166 g/mol. The first-order valence-corrected chi connectivity index (χ1v) is 4.53. The van der Waals surface area contributed by atoms with Gasteiger partial charge in [-0.2, -0.15) is 0 Å². The normalized spacial score (nSPS) is 49.7. The van der Waals surface area contributed by atoms with Crippen LogP contribution >= 0.6 is 0 Å². The molecule has 2 saturated carbocycles. The first-order chi connectivity index (χ1) is 5.77. The molecule has 2 aliphatic carbocycles. The van der Waals surface area contributed by atoms with E-state index in [4.69, 9.17) is 0 Å². The van der Waals surface area contributed by atoms with Gasteiger partial charge >= 0.3 is 11.9 Å². The van der Waals surface area contributed by atoms with E-state index in [2.05, 4.69) is 4.74 Å². The quantitative estimate of drug-likeness (QED) is 0.393. The van der Waals surface area contributed by atoms with E-state index in [1.165, 1.54) is 0 Å². The summed E-state index contributed by atoms with van der Waals surface area (Å²) < 4.78 is 4.63. The topological polar surface area (TPSA) is 43.4 Å². The summed E-state index contributed by atoms with van der Waals surface area (Å²) in [6.07, 6.45) is 3.32. The van der Waals surface area contributed by atoms with Gasteiger partial charge in [0.25, 0.3) is 0 Å². The Balaban J connectivity index is 2.03. The standard InChI is InChI=1S/C9H10O3/c10-8-6-4-1-2-5(3-4)7(6)9(11)12-8/h4-7H,1-3H2/t4-,5+,6+,7?/m1/s1. The average molecular weight is 166 g/mol. The van der Waals surface area contributed by atoms with Gasteiger partial charge in [0.15, 0.2) is 0 Å². The third-order valence-corrected chi connectivity index (χ3v) is 3.66. The maximum Gasteiger partial charge on any atom is 0.317 e. The second-order valence-corrected chi connectivity index (χ2v) is 4.12. The second-order valence-electron chi connectivity index (χ2n) is 4.12. The molecular formula is C9H10O3. The number of esters is 2. The molecule has 4 atom stereocenters. The molecule has 1 saturated heterocycles. The van der Waals surface area contributed by atoms with Crippen LogP contribution in [0.15, 0.2) is 0 Å². The zero-order chi connectivity index (χ0) is 8.29. The molecule has 0 amide bonds. The summed E-state index contributed by atoms with van der Waals surface area (Å²) in [5.41, 5.74) is 0. The predicted octanol–water partition coefficient (Wildman–Crippen LogP) is 0.732. The Bertz CT molecular complexity index is 245. The van der Waals surface area contributed by atoms with Crippen molar-refractivity contribution in [3.8, 4) is 0 Å². The SMILES string of the molecule is O=C1OC(=O)[C@@H]2C1[C@H]1CC[C@@H]2C1. The molecule has 3 aliphatic rings. The molecule has 0 aromatic carbocycles. The Hall–Kier alpha value is -0.860. The van der Waals surface area contributed by atoms with E-state index < -0.39 is 0 Å². The van der Waals surface area contributed by atoms with Crippen LogP contribution in [-0.4, -0.2) is 11.9 Å². The Morgan fingerprint density at radius 3 is 2.00 bits per heavy atom.